The topological polar surface area (TPSA) is 141 Å². The van der Waals surface area contributed by atoms with Crippen molar-refractivity contribution in [1.82, 2.24) is 19.6 Å². The Balaban J connectivity index is 2.08. The molecule has 1 aliphatic heterocycles. The minimum absolute atomic E-state index is 0.0784. The number of carboxylic acid groups (broad SMARTS) is 1. The highest BCUT2D eigenvalue weighted by Crippen LogP contribution is 2.37. The largest absolute Gasteiger partial charge is 0.465 e. The van der Waals surface area contributed by atoms with E-state index in [1.54, 1.807) is 0 Å². The molecule has 4 N–H and O–H groups in total. The van der Waals surface area contributed by atoms with Crippen LogP contribution < -0.4 is 11.1 Å². The van der Waals surface area contributed by atoms with Crippen LogP contribution in [0.5, 0.6) is 0 Å². The molecule has 0 saturated carbocycles. The first-order chi connectivity index (χ1) is 15.1. The molecule has 1 aliphatic rings. The number of hydrogen-bond donors (Lipinski definition) is 3. The van der Waals surface area contributed by atoms with E-state index in [4.69, 9.17) is 5.73 Å². The number of benzene rings is 1. The minimum atomic E-state index is -1.09. The van der Waals surface area contributed by atoms with Crippen LogP contribution in [-0.4, -0.2) is 69.4 Å². The number of primary amides is 1. The molecular formula is C21H26FN7O3. The summed E-state index contributed by atoms with van der Waals surface area (Å²) in [4.78, 5) is 27.3. The Bertz CT molecular complexity index is 1030. The first-order valence-corrected chi connectivity index (χ1v) is 10.1. The van der Waals surface area contributed by atoms with Crippen LogP contribution in [0.1, 0.15) is 29.7 Å². The number of aromatic nitrogens is 2. The van der Waals surface area contributed by atoms with Crippen LogP contribution in [0.2, 0.25) is 0 Å². The van der Waals surface area contributed by atoms with Gasteiger partial charge in [0.2, 0.25) is 0 Å². The van der Waals surface area contributed by atoms with Gasteiger partial charge in [0.15, 0.2) is 5.82 Å². The van der Waals surface area contributed by atoms with E-state index in [1.807, 2.05) is 25.9 Å². The molecule has 1 aromatic heterocycles. The Morgan fingerprint density at radius 2 is 2.03 bits per heavy atom. The number of nitrogens with two attached hydrogens (primary N) is 1. The lowest BCUT2D eigenvalue weighted by Crippen LogP contribution is -2.59. The summed E-state index contributed by atoms with van der Waals surface area (Å²) in [6.07, 6.45) is 0.678. The summed E-state index contributed by atoms with van der Waals surface area (Å²) >= 11 is 0. The number of carbonyl (C=O) groups excluding carboxylic acids is 1. The predicted octanol–water partition coefficient (Wildman–Crippen LogP) is 2.25. The van der Waals surface area contributed by atoms with E-state index < -0.39 is 35.8 Å². The van der Waals surface area contributed by atoms with Crippen molar-refractivity contribution >= 4 is 23.5 Å². The summed E-state index contributed by atoms with van der Waals surface area (Å²) in [6.45, 7) is 2.10. The van der Waals surface area contributed by atoms with Crippen LogP contribution >= 0.6 is 0 Å². The van der Waals surface area contributed by atoms with Gasteiger partial charge in [-0.1, -0.05) is 0 Å². The Morgan fingerprint density at radius 1 is 1.38 bits per heavy atom. The Kier molecular flexibility index (Phi) is 6.64. The third kappa shape index (κ3) is 4.50. The molecule has 1 aromatic carbocycles. The summed E-state index contributed by atoms with van der Waals surface area (Å²) in [6, 6.07) is 6.27. The number of nitriles is 1. The Hall–Kier alpha value is -3.65. The van der Waals surface area contributed by atoms with Gasteiger partial charge in [-0.25, -0.2) is 9.18 Å². The summed E-state index contributed by atoms with van der Waals surface area (Å²) < 4.78 is 14.7. The van der Waals surface area contributed by atoms with Gasteiger partial charge < -0.3 is 26.0 Å². The van der Waals surface area contributed by atoms with Crippen LogP contribution in [0.4, 0.5) is 20.7 Å². The summed E-state index contributed by atoms with van der Waals surface area (Å²) in [7, 11) is 3.66. The molecule has 0 spiro atoms. The lowest BCUT2D eigenvalue weighted by molar-refractivity contribution is 0.0252. The number of likely N-dealkylation sites (N-methyl/N-ethyl adjacent to an activating group) is 1. The zero-order chi connectivity index (χ0) is 23.6. The number of amides is 2. The van der Waals surface area contributed by atoms with Gasteiger partial charge in [-0.05, 0) is 51.7 Å². The molecule has 0 radical (unpaired) electrons. The first-order valence-electron chi connectivity index (χ1n) is 10.1. The Labute approximate surface area is 185 Å². The first kappa shape index (κ1) is 23.0. The average Bonchev–Trinajstić information content (AvgIpc) is 3.17. The minimum Gasteiger partial charge on any atom is -0.465 e. The van der Waals surface area contributed by atoms with Gasteiger partial charge in [-0.2, -0.15) is 10.4 Å². The average molecular weight is 443 g/mol. The molecule has 2 heterocycles. The molecule has 0 aliphatic carbocycles. The maximum Gasteiger partial charge on any atom is 0.407 e. The molecule has 11 heteroatoms. The normalized spacial score (nSPS) is 21.8. The molecule has 4 atom stereocenters. The molecule has 0 bridgehead atoms. The van der Waals surface area contributed by atoms with Crippen molar-refractivity contribution in [3.05, 3.63) is 41.8 Å². The third-order valence-electron chi connectivity index (χ3n) is 5.93. The van der Waals surface area contributed by atoms with Crippen molar-refractivity contribution < 1.29 is 19.1 Å². The van der Waals surface area contributed by atoms with Crippen molar-refractivity contribution in [2.45, 2.75) is 31.5 Å². The maximum absolute atomic E-state index is 13.2. The molecule has 4 unspecified atom stereocenters. The summed E-state index contributed by atoms with van der Waals surface area (Å²) in [5, 5.41) is 27.1. The van der Waals surface area contributed by atoms with Crippen molar-refractivity contribution in [3.63, 3.8) is 0 Å². The molecule has 2 aromatic rings. The van der Waals surface area contributed by atoms with Crippen molar-refractivity contribution in [2.75, 3.05) is 26.0 Å². The molecule has 2 amide bonds. The SMILES string of the molecule is CC(C1C(n2cc(C(N)=O)c(Nc3ccc(F)cc3)n2)C(C#N)CCN1C(=O)O)N(C)C. The van der Waals surface area contributed by atoms with E-state index in [1.165, 1.54) is 40.0 Å². The number of hydrogen-bond acceptors (Lipinski definition) is 6. The smallest absolute Gasteiger partial charge is 0.407 e. The number of carbonyl (C=O) groups is 2. The number of rotatable bonds is 6. The lowest BCUT2D eigenvalue weighted by Gasteiger charge is -2.46. The van der Waals surface area contributed by atoms with Gasteiger partial charge in [0.25, 0.3) is 5.91 Å². The van der Waals surface area contributed by atoms with Crippen molar-refractivity contribution in [2.24, 2.45) is 11.7 Å². The fraction of sp³-hybridized carbons (Fsp3) is 0.429. The van der Waals surface area contributed by atoms with Crippen LogP contribution in [0.15, 0.2) is 30.5 Å². The molecular weight excluding hydrogens is 417 g/mol. The second-order valence-electron chi connectivity index (χ2n) is 8.05. The van der Waals surface area contributed by atoms with E-state index in [0.29, 0.717) is 12.1 Å². The van der Waals surface area contributed by atoms with Gasteiger partial charge >= 0.3 is 6.09 Å². The number of anilines is 2. The van der Waals surface area contributed by atoms with Crippen LogP contribution in [0.25, 0.3) is 0 Å². The van der Waals surface area contributed by atoms with E-state index in [0.717, 1.165) is 0 Å². The highest BCUT2D eigenvalue weighted by atomic mass is 19.1. The quantitative estimate of drug-likeness (QED) is 0.622. The summed E-state index contributed by atoms with van der Waals surface area (Å²) in [5.74, 6) is -1.54. The number of nitrogens with zero attached hydrogens (tertiary/aromatic N) is 5. The van der Waals surface area contributed by atoms with E-state index in [9.17, 15) is 24.3 Å². The van der Waals surface area contributed by atoms with Gasteiger partial charge in [0.05, 0.1) is 24.1 Å². The standard InChI is InChI=1S/C21H26FN7O3/c1-12(27(2)3)17-18(13(10-23)8-9-28(17)21(31)32)29-11-16(19(24)30)20(26-29)25-15-6-4-14(22)5-7-15/h4-7,11-13,17-18H,8-9H2,1-3H3,(H2,24,30)(H,25,26)(H,31,32). The molecule has 1 saturated heterocycles. The highest BCUT2D eigenvalue weighted by Gasteiger charge is 2.45. The number of nitrogens with one attached hydrogen (secondary N) is 1. The predicted molar refractivity (Wildman–Crippen MR) is 115 cm³/mol. The fourth-order valence-electron chi connectivity index (χ4n) is 4.06. The van der Waals surface area contributed by atoms with Crippen LogP contribution in [0.3, 0.4) is 0 Å². The molecule has 3 rings (SSSR count). The van der Waals surface area contributed by atoms with Crippen molar-refractivity contribution in [1.29, 1.82) is 5.26 Å². The zero-order valence-electron chi connectivity index (χ0n) is 18.1. The molecule has 10 nitrogen and oxygen atoms in total. The number of piperidine rings is 1. The molecule has 170 valence electrons. The van der Waals surface area contributed by atoms with Gasteiger partial charge in [0, 0.05) is 24.5 Å². The second kappa shape index (κ2) is 9.23. The third-order valence-corrected chi connectivity index (χ3v) is 5.93. The highest BCUT2D eigenvalue weighted by molar-refractivity contribution is 5.98. The second-order valence-corrected chi connectivity index (χ2v) is 8.05. The fourth-order valence-corrected chi connectivity index (χ4v) is 4.06. The number of likely N-dealkylation sites (tertiary alicyclic amines) is 1. The number of halogens is 1. The molecule has 1 fully saturated rings. The monoisotopic (exact) mass is 443 g/mol. The molecule has 32 heavy (non-hydrogen) atoms. The van der Waals surface area contributed by atoms with Gasteiger partial charge in [-0.3, -0.25) is 9.48 Å². The summed E-state index contributed by atoms with van der Waals surface area (Å²) in [5.41, 5.74) is 6.12. The maximum atomic E-state index is 13.2. The van der Waals surface area contributed by atoms with E-state index in [-0.39, 0.29) is 24.0 Å². The van der Waals surface area contributed by atoms with Crippen molar-refractivity contribution in [3.8, 4) is 6.07 Å². The van der Waals surface area contributed by atoms with Gasteiger partial charge in [0.1, 0.15) is 11.4 Å². The van der Waals surface area contributed by atoms with E-state index >= 15 is 0 Å². The van der Waals surface area contributed by atoms with Crippen LogP contribution in [-0.2, 0) is 0 Å². The zero-order valence-corrected chi connectivity index (χ0v) is 18.1. The Morgan fingerprint density at radius 3 is 2.56 bits per heavy atom. The lowest BCUT2D eigenvalue weighted by atomic mass is 9.83. The van der Waals surface area contributed by atoms with E-state index in [2.05, 4.69) is 16.5 Å². The van der Waals surface area contributed by atoms with Crippen LogP contribution in [0, 0.1) is 23.1 Å². The van der Waals surface area contributed by atoms with Gasteiger partial charge in [-0.15, -0.1) is 0 Å².